The molecule has 3 aromatic rings. The Morgan fingerprint density at radius 1 is 1.24 bits per heavy atom. The van der Waals surface area contributed by atoms with E-state index in [1.807, 2.05) is 7.05 Å². The predicted octanol–water partition coefficient (Wildman–Crippen LogP) is 4.39. The maximum Gasteiger partial charge on any atom is 0.406 e. The van der Waals surface area contributed by atoms with E-state index in [1.165, 1.54) is 13.2 Å². The first-order valence-electron chi connectivity index (χ1n) is 13.3. The Hall–Kier alpha value is -3.48. The fraction of sp³-hybridized carbons (Fsp3) is 0.448. The minimum atomic E-state index is -4.46. The number of aromatic nitrogens is 2. The monoisotopic (exact) mass is 589 g/mol. The second-order valence-electron chi connectivity index (χ2n) is 10.9. The van der Waals surface area contributed by atoms with Crippen LogP contribution in [0.15, 0.2) is 36.7 Å². The van der Waals surface area contributed by atoms with Crippen LogP contribution in [0.4, 0.5) is 18.9 Å². The van der Waals surface area contributed by atoms with Crippen LogP contribution in [-0.4, -0.2) is 79.7 Å². The van der Waals surface area contributed by atoms with Gasteiger partial charge >= 0.3 is 6.18 Å². The Labute approximate surface area is 238 Å². The van der Waals surface area contributed by atoms with E-state index in [-0.39, 0.29) is 41.0 Å². The molecule has 1 aliphatic heterocycles. The first kappa shape index (κ1) is 30.5. The largest absolute Gasteiger partial charge is 0.495 e. The second kappa shape index (κ2) is 12.2. The third kappa shape index (κ3) is 7.63. The number of methoxy groups -OCH3 is 1. The van der Waals surface area contributed by atoms with Gasteiger partial charge in [0.15, 0.2) is 0 Å². The number of nitrogens with one attached hydrogen (secondary N) is 2. The number of benzene rings is 2. The van der Waals surface area contributed by atoms with Gasteiger partial charge < -0.3 is 29.4 Å². The van der Waals surface area contributed by atoms with Crippen LogP contribution in [0, 0.1) is 17.8 Å². The van der Waals surface area contributed by atoms with Crippen LogP contribution < -0.4 is 20.7 Å². The van der Waals surface area contributed by atoms with Crippen molar-refractivity contribution in [1.82, 2.24) is 19.8 Å². The van der Waals surface area contributed by atoms with Crippen LogP contribution in [0.3, 0.4) is 0 Å². The molecule has 0 unspecified atom stereocenters. The van der Waals surface area contributed by atoms with Crippen molar-refractivity contribution >= 4 is 35.1 Å². The highest BCUT2D eigenvalue weighted by Gasteiger charge is 2.30. The molecule has 2 N–H and O–H groups in total. The Balaban J connectivity index is 1.63. The van der Waals surface area contributed by atoms with E-state index in [4.69, 9.17) is 4.74 Å². The quantitative estimate of drug-likeness (QED) is 0.314. The van der Waals surface area contributed by atoms with Crippen LogP contribution in [0.25, 0.3) is 11.0 Å². The molecule has 2 aromatic carbocycles. The van der Waals surface area contributed by atoms with Gasteiger partial charge in [0.2, 0.25) is 0 Å². The van der Waals surface area contributed by atoms with Gasteiger partial charge in [-0.05, 0) is 69.6 Å². The van der Waals surface area contributed by atoms with Gasteiger partial charge in [0.05, 0.1) is 36.7 Å². The summed E-state index contributed by atoms with van der Waals surface area (Å²) in [5.74, 6) is 6.32. The summed E-state index contributed by atoms with van der Waals surface area (Å²) < 4.78 is 58.7. The van der Waals surface area contributed by atoms with Crippen molar-refractivity contribution in [2.75, 3.05) is 52.4 Å². The van der Waals surface area contributed by atoms with Crippen molar-refractivity contribution in [3.05, 3.63) is 47.8 Å². The van der Waals surface area contributed by atoms with Crippen LogP contribution in [-0.2, 0) is 11.1 Å². The molecule has 8 nitrogen and oxygen atoms in total. The van der Waals surface area contributed by atoms with E-state index < -0.39 is 19.9 Å². The Kier molecular flexibility index (Phi) is 9.05. The molecular weight excluding hydrogens is 554 g/mol. The molecule has 1 aromatic heterocycles. The zero-order chi connectivity index (χ0) is 29.9. The molecular formula is C29H35F3N5O3P. The Morgan fingerprint density at radius 3 is 2.66 bits per heavy atom. The minimum absolute atomic E-state index is 0.0581. The summed E-state index contributed by atoms with van der Waals surface area (Å²) in [6.45, 7) is 6.04. The predicted molar refractivity (Wildman–Crippen MR) is 156 cm³/mol. The van der Waals surface area contributed by atoms with Gasteiger partial charge in [-0.2, -0.15) is 13.2 Å². The summed E-state index contributed by atoms with van der Waals surface area (Å²) >= 11 is 0. The van der Waals surface area contributed by atoms with Crippen molar-refractivity contribution in [1.29, 1.82) is 0 Å². The van der Waals surface area contributed by atoms with E-state index in [0.29, 0.717) is 22.3 Å². The molecule has 4 rings (SSSR count). The standard InChI is InChI=1S/C29H35F3N5O3P/c1-19-16-36(2)12-10-23(19)35-28(38)22-13-20(14-25-27(22)34-18-37(25)17-29(30,31)32)7-6-11-33-24-15-21(41(4,5)39)8-9-26(24)40-3/h8-9,13-15,18-19,23,33H,10-12,16-17H2,1-5H3,(H,35,38)/t19-,23-/m0/s1. The number of hydrogen-bond donors (Lipinski definition) is 2. The van der Waals surface area contributed by atoms with Crippen LogP contribution in [0.2, 0.25) is 0 Å². The molecule has 1 aliphatic rings. The molecule has 0 aliphatic carbocycles. The number of ether oxygens (including phenoxy) is 1. The third-order valence-electron chi connectivity index (χ3n) is 7.15. The molecule has 41 heavy (non-hydrogen) atoms. The van der Waals surface area contributed by atoms with E-state index >= 15 is 0 Å². The zero-order valence-corrected chi connectivity index (χ0v) is 24.7. The second-order valence-corrected chi connectivity index (χ2v) is 14.1. The molecule has 1 fully saturated rings. The lowest BCUT2D eigenvalue weighted by Gasteiger charge is -2.35. The number of nitrogens with zero attached hydrogens (tertiary/aromatic N) is 3. The van der Waals surface area contributed by atoms with Gasteiger partial charge in [0, 0.05) is 23.5 Å². The number of anilines is 1. The molecule has 0 saturated carbocycles. The molecule has 0 bridgehead atoms. The maximum atomic E-state index is 13.4. The molecule has 0 radical (unpaired) electrons. The summed E-state index contributed by atoms with van der Waals surface area (Å²) in [5.41, 5.74) is 1.56. The first-order valence-corrected chi connectivity index (χ1v) is 15.9. The summed E-state index contributed by atoms with van der Waals surface area (Å²) in [7, 11) is 1.06. The van der Waals surface area contributed by atoms with Crippen molar-refractivity contribution in [3.63, 3.8) is 0 Å². The molecule has 220 valence electrons. The van der Waals surface area contributed by atoms with Crippen molar-refractivity contribution in [3.8, 4) is 17.6 Å². The first-order chi connectivity index (χ1) is 19.2. The van der Waals surface area contributed by atoms with Crippen molar-refractivity contribution < 1.29 is 27.3 Å². The topological polar surface area (TPSA) is 88.5 Å². The van der Waals surface area contributed by atoms with Crippen LogP contribution >= 0.6 is 7.14 Å². The number of amides is 1. The van der Waals surface area contributed by atoms with E-state index in [0.717, 1.165) is 30.4 Å². The van der Waals surface area contributed by atoms with Gasteiger partial charge in [-0.25, -0.2) is 4.98 Å². The molecule has 0 spiro atoms. The molecule has 2 atom stereocenters. The third-order valence-corrected chi connectivity index (χ3v) is 8.67. The van der Waals surface area contributed by atoms with Gasteiger partial charge in [0.1, 0.15) is 25.0 Å². The summed E-state index contributed by atoms with van der Waals surface area (Å²) in [5, 5.41) is 6.91. The summed E-state index contributed by atoms with van der Waals surface area (Å²) in [6.07, 6.45) is -2.58. The number of alkyl halides is 3. The SMILES string of the molecule is COc1ccc(P(C)(C)=O)cc1NCC#Cc1cc(C(=O)N[C@H]2CCN(C)C[C@@H]2C)c2ncn(CC(F)(F)F)c2c1. The van der Waals surface area contributed by atoms with Gasteiger partial charge in [0.25, 0.3) is 5.91 Å². The zero-order valence-electron chi connectivity index (χ0n) is 23.8. The maximum absolute atomic E-state index is 13.4. The Bertz CT molecular complexity index is 1540. The lowest BCUT2D eigenvalue weighted by atomic mass is 9.93. The van der Waals surface area contributed by atoms with Crippen molar-refractivity contribution in [2.45, 2.75) is 32.1 Å². The number of carbonyl (C=O) groups is 1. The number of hydrogen-bond acceptors (Lipinski definition) is 6. The van der Waals surface area contributed by atoms with Gasteiger partial charge in [-0.1, -0.05) is 18.8 Å². The molecule has 1 saturated heterocycles. The fourth-order valence-electron chi connectivity index (χ4n) is 5.00. The van der Waals surface area contributed by atoms with Gasteiger partial charge in [-0.15, -0.1) is 0 Å². The van der Waals surface area contributed by atoms with Crippen LogP contribution in [0.1, 0.15) is 29.3 Å². The lowest BCUT2D eigenvalue weighted by molar-refractivity contribution is -0.139. The minimum Gasteiger partial charge on any atom is -0.495 e. The van der Waals surface area contributed by atoms with E-state index in [9.17, 15) is 22.5 Å². The molecule has 2 heterocycles. The van der Waals surface area contributed by atoms with Crippen LogP contribution in [0.5, 0.6) is 5.75 Å². The number of halogens is 3. The van der Waals surface area contributed by atoms with E-state index in [2.05, 4.69) is 39.3 Å². The average Bonchev–Trinajstić information content (AvgIpc) is 3.28. The number of fused-ring (bicyclic) bond motifs is 1. The Morgan fingerprint density at radius 2 is 2.00 bits per heavy atom. The van der Waals surface area contributed by atoms with Crippen molar-refractivity contribution in [2.24, 2.45) is 5.92 Å². The lowest BCUT2D eigenvalue weighted by Crippen LogP contribution is -2.48. The smallest absolute Gasteiger partial charge is 0.406 e. The number of carbonyl (C=O) groups excluding carboxylic acids is 1. The fourth-order valence-corrected chi connectivity index (χ4v) is 5.87. The highest BCUT2D eigenvalue weighted by Crippen LogP contribution is 2.37. The highest BCUT2D eigenvalue weighted by atomic mass is 31.2. The number of rotatable bonds is 7. The summed E-state index contributed by atoms with van der Waals surface area (Å²) in [4.78, 5) is 19.8. The number of imidazole rings is 1. The normalized spacial score (nSPS) is 18.0. The molecule has 12 heteroatoms. The highest BCUT2D eigenvalue weighted by molar-refractivity contribution is 7.70. The molecule has 1 amide bonds. The summed E-state index contributed by atoms with van der Waals surface area (Å²) in [6, 6.07) is 8.28. The van der Waals surface area contributed by atoms with E-state index in [1.54, 1.807) is 37.6 Å². The number of piperidine rings is 1. The van der Waals surface area contributed by atoms with Gasteiger partial charge in [-0.3, -0.25) is 4.79 Å². The number of likely N-dealkylation sites (tertiary alicyclic amines) is 1. The average molecular weight is 590 g/mol.